The van der Waals surface area contributed by atoms with E-state index >= 15 is 0 Å². The molecular weight excluding hydrogens is 444 g/mol. The van der Waals surface area contributed by atoms with Gasteiger partial charge in [0.15, 0.2) is 0 Å². The van der Waals surface area contributed by atoms with Gasteiger partial charge in [0.25, 0.3) is 5.69 Å². The van der Waals surface area contributed by atoms with E-state index in [0.29, 0.717) is 5.75 Å². The Balaban J connectivity index is 1.75. The van der Waals surface area contributed by atoms with E-state index in [1.165, 1.54) is 0 Å². The van der Waals surface area contributed by atoms with Crippen LogP contribution in [0.15, 0.2) is 60.8 Å². The van der Waals surface area contributed by atoms with Gasteiger partial charge >= 0.3 is 0 Å². The number of fused-ring (bicyclic) bond motifs is 4. The van der Waals surface area contributed by atoms with Crippen molar-refractivity contribution in [3.05, 3.63) is 87.6 Å². The number of nitro groups is 1. The molecule has 0 saturated carbocycles. The zero-order valence-corrected chi connectivity index (χ0v) is 19.3. The summed E-state index contributed by atoms with van der Waals surface area (Å²) in [7, 11) is 3.51. The molecular formula is C27H24N4O4. The third-order valence-electron chi connectivity index (χ3n) is 7.00. The maximum absolute atomic E-state index is 11.3. The van der Waals surface area contributed by atoms with E-state index in [1.807, 2.05) is 37.5 Å². The summed E-state index contributed by atoms with van der Waals surface area (Å²) in [5, 5.41) is 27.9. The van der Waals surface area contributed by atoms with E-state index < -0.39 is 0 Å². The summed E-state index contributed by atoms with van der Waals surface area (Å²) in [6.07, 6.45) is 2.73. The summed E-state index contributed by atoms with van der Waals surface area (Å²) in [5.74, 6) is 0.725. The molecule has 1 unspecified atom stereocenters. The Hall–Kier alpha value is -4.30. The molecule has 0 bridgehead atoms. The van der Waals surface area contributed by atoms with Gasteiger partial charge in [0.1, 0.15) is 11.5 Å². The minimum absolute atomic E-state index is 0.0517. The standard InChI is InChI=1S/C27H24N4O4/c1-28-12-11-18-17-5-3-4-6-20(17)30-26(15-7-9-16(10-8-15)31(33)34)19-14-29-25-22(35-2)13-21(32)24(23(19)25)27(18)30/h3-10,13-14,26,28-29,32H,11-12H2,1-2H3. The molecule has 2 aromatic heterocycles. The number of non-ortho nitro benzene ring substituents is 1. The Morgan fingerprint density at radius 1 is 1.20 bits per heavy atom. The van der Waals surface area contributed by atoms with Gasteiger partial charge in [-0.2, -0.15) is 0 Å². The van der Waals surface area contributed by atoms with E-state index in [-0.39, 0.29) is 22.4 Å². The number of phenols is 1. The normalized spacial score (nSPS) is 14.4. The van der Waals surface area contributed by atoms with Gasteiger partial charge in [0.05, 0.1) is 34.8 Å². The van der Waals surface area contributed by atoms with Crippen LogP contribution in [-0.4, -0.2) is 40.3 Å². The molecule has 0 fully saturated rings. The first-order valence-electron chi connectivity index (χ1n) is 11.5. The van der Waals surface area contributed by atoms with Crippen molar-refractivity contribution in [3.63, 3.8) is 0 Å². The molecule has 3 heterocycles. The Morgan fingerprint density at radius 2 is 1.97 bits per heavy atom. The molecule has 5 aromatic rings. The number of likely N-dealkylation sites (N-methyl/N-ethyl adjacent to an activating group) is 1. The van der Waals surface area contributed by atoms with Crippen LogP contribution >= 0.6 is 0 Å². The number of aromatic nitrogens is 2. The highest BCUT2D eigenvalue weighted by Gasteiger charge is 2.36. The number of aromatic hydroxyl groups is 1. The highest BCUT2D eigenvalue weighted by atomic mass is 16.6. The smallest absolute Gasteiger partial charge is 0.269 e. The number of phenolic OH excluding ortho intramolecular Hbond substituents is 1. The van der Waals surface area contributed by atoms with Crippen LogP contribution in [0.2, 0.25) is 0 Å². The van der Waals surface area contributed by atoms with Crippen molar-refractivity contribution in [2.75, 3.05) is 20.7 Å². The zero-order valence-electron chi connectivity index (χ0n) is 19.3. The maximum Gasteiger partial charge on any atom is 0.269 e. The minimum Gasteiger partial charge on any atom is -0.507 e. The Morgan fingerprint density at radius 3 is 2.69 bits per heavy atom. The number of nitrogens with one attached hydrogen (secondary N) is 2. The first-order chi connectivity index (χ1) is 17.0. The van der Waals surface area contributed by atoms with Crippen LogP contribution in [0.25, 0.3) is 33.1 Å². The fourth-order valence-electron chi connectivity index (χ4n) is 5.54. The molecule has 176 valence electrons. The van der Waals surface area contributed by atoms with Crippen LogP contribution in [0.4, 0.5) is 5.69 Å². The average molecular weight is 469 g/mol. The van der Waals surface area contributed by atoms with Crippen LogP contribution in [0.3, 0.4) is 0 Å². The summed E-state index contributed by atoms with van der Waals surface area (Å²) < 4.78 is 7.85. The quantitative estimate of drug-likeness (QED) is 0.232. The first-order valence-corrected chi connectivity index (χ1v) is 11.5. The van der Waals surface area contributed by atoms with E-state index in [2.05, 4.69) is 27.0 Å². The van der Waals surface area contributed by atoms with Crippen molar-refractivity contribution in [2.45, 2.75) is 12.5 Å². The molecule has 35 heavy (non-hydrogen) atoms. The third kappa shape index (κ3) is 2.96. The van der Waals surface area contributed by atoms with Crippen LogP contribution in [0.5, 0.6) is 11.5 Å². The second-order valence-corrected chi connectivity index (χ2v) is 8.79. The molecule has 0 radical (unpaired) electrons. The van der Waals surface area contributed by atoms with E-state index in [1.54, 1.807) is 25.3 Å². The lowest BCUT2D eigenvalue weighted by atomic mass is 9.88. The van der Waals surface area contributed by atoms with Gasteiger partial charge < -0.3 is 24.7 Å². The first kappa shape index (κ1) is 21.2. The van der Waals surface area contributed by atoms with E-state index in [9.17, 15) is 15.2 Å². The van der Waals surface area contributed by atoms with Crippen molar-refractivity contribution in [1.29, 1.82) is 0 Å². The number of nitrogens with zero attached hydrogens (tertiary/aromatic N) is 2. The molecule has 0 amide bonds. The van der Waals surface area contributed by atoms with Gasteiger partial charge in [0.2, 0.25) is 0 Å². The number of hydrogen-bond acceptors (Lipinski definition) is 5. The van der Waals surface area contributed by atoms with Gasteiger partial charge in [-0.25, -0.2) is 0 Å². The highest BCUT2D eigenvalue weighted by molar-refractivity contribution is 6.08. The predicted octanol–water partition coefficient (Wildman–Crippen LogP) is 5.13. The molecule has 0 aliphatic carbocycles. The summed E-state index contributed by atoms with van der Waals surface area (Å²) in [5.41, 5.74) is 6.70. The Bertz CT molecular complexity index is 1610. The van der Waals surface area contributed by atoms with Crippen molar-refractivity contribution in [2.24, 2.45) is 0 Å². The van der Waals surface area contributed by atoms with Crippen molar-refractivity contribution >= 4 is 27.5 Å². The number of H-pyrrole nitrogens is 1. The number of ether oxygens (including phenoxy) is 1. The summed E-state index contributed by atoms with van der Waals surface area (Å²) >= 11 is 0. The Kier molecular flexibility index (Phi) is 4.79. The maximum atomic E-state index is 11.3. The molecule has 6 rings (SSSR count). The molecule has 3 aromatic carbocycles. The van der Waals surface area contributed by atoms with Crippen molar-refractivity contribution in [1.82, 2.24) is 14.9 Å². The largest absolute Gasteiger partial charge is 0.507 e. The van der Waals surface area contributed by atoms with Crippen molar-refractivity contribution in [3.8, 4) is 22.8 Å². The molecule has 1 aliphatic heterocycles. The number of hydrogen-bond donors (Lipinski definition) is 3. The molecule has 1 aliphatic rings. The molecule has 0 saturated heterocycles. The molecule has 1 atom stereocenters. The molecule has 3 N–H and O–H groups in total. The number of methoxy groups -OCH3 is 1. The number of nitro benzene ring substituents is 1. The lowest BCUT2D eigenvalue weighted by Crippen LogP contribution is -2.18. The third-order valence-corrected chi connectivity index (χ3v) is 7.00. The number of aromatic amines is 1. The summed E-state index contributed by atoms with van der Waals surface area (Å²) in [4.78, 5) is 14.3. The lowest BCUT2D eigenvalue weighted by Gasteiger charge is -2.29. The summed E-state index contributed by atoms with van der Waals surface area (Å²) in [6.45, 7) is 0.781. The molecule has 0 spiro atoms. The van der Waals surface area contributed by atoms with E-state index in [0.717, 1.165) is 62.7 Å². The minimum atomic E-state index is -0.385. The molecule has 8 heteroatoms. The van der Waals surface area contributed by atoms with Gasteiger partial charge in [-0.05, 0) is 49.3 Å². The van der Waals surface area contributed by atoms with Crippen LogP contribution in [-0.2, 0) is 6.42 Å². The monoisotopic (exact) mass is 468 g/mol. The second kappa shape index (κ2) is 7.89. The van der Waals surface area contributed by atoms with Gasteiger partial charge in [-0.3, -0.25) is 10.1 Å². The molecule has 8 nitrogen and oxygen atoms in total. The van der Waals surface area contributed by atoms with Crippen molar-refractivity contribution < 1.29 is 14.8 Å². The SMILES string of the molecule is CNCCc1c2n(c3ccccc13)C(c1ccc([N+](=O)[O-])cc1)c1c[nH]c3c(OC)cc(O)c-2c13. The number of benzene rings is 3. The van der Waals surface area contributed by atoms with Crippen LogP contribution in [0, 0.1) is 10.1 Å². The second-order valence-electron chi connectivity index (χ2n) is 8.79. The van der Waals surface area contributed by atoms with Gasteiger partial charge in [0, 0.05) is 46.2 Å². The van der Waals surface area contributed by atoms with Crippen LogP contribution < -0.4 is 10.1 Å². The topological polar surface area (TPSA) is 105 Å². The summed E-state index contributed by atoms with van der Waals surface area (Å²) in [6, 6.07) is 16.4. The fraction of sp³-hybridized carbons (Fsp3) is 0.185. The fourth-order valence-corrected chi connectivity index (χ4v) is 5.54. The average Bonchev–Trinajstić information content (AvgIpc) is 3.45. The van der Waals surface area contributed by atoms with Gasteiger partial charge in [-0.15, -0.1) is 0 Å². The predicted molar refractivity (Wildman–Crippen MR) is 135 cm³/mol. The van der Waals surface area contributed by atoms with E-state index in [4.69, 9.17) is 4.74 Å². The number of para-hydroxylation sites is 1. The lowest BCUT2D eigenvalue weighted by molar-refractivity contribution is -0.384. The number of rotatable bonds is 6. The zero-order chi connectivity index (χ0) is 24.3. The Labute approximate surface area is 200 Å². The van der Waals surface area contributed by atoms with Crippen LogP contribution in [0.1, 0.15) is 22.7 Å². The van der Waals surface area contributed by atoms with Gasteiger partial charge in [-0.1, -0.05) is 18.2 Å². The highest BCUT2D eigenvalue weighted by Crippen LogP contribution is 2.53.